The van der Waals surface area contributed by atoms with Crippen LogP contribution in [0.2, 0.25) is 0 Å². The first-order valence-electron chi connectivity index (χ1n) is 5.57. The number of aromatic nitrogens is 4. The second-order valence-corrected chi connectivity index (χ2v) is 4.91. The Labute approximate surface area is 108 Å². The van der Waals surface area contributed by atoms with E-state index in [0.717, 1.165) is 16.2 Å². The summed E-state index contributed by atoms with van der Waals surface area (Å²) in [6.45, 7) is 1.81. The molecule has 0 aliphatic carbocycles. The number of para-hydroxylation sites is 2. The van der Waals surface area contributed by atoms with E-state index in [2.05, 4.69) is 25.8 Å². The van der Waals surface area contributed by atoms with Gasteiger partial charge in [0.25, 0.3) is 0 Å². The largest absolute Gasteiger partial charge is 0.338 e. The van der Waals surface area contributed by atoms with Crippen LogP contribution >= 0.6 is 11.8 Å². The number of hydrogen-bond acceptors (Lipinski definition) is 5. The van der Waals surface area contributed by atoms with Gasteiger partial charge in [-0.2, -0.15) is 4.98 Å². The first-order valence-corrected chi connectivity index (χ1v) is 6.56. The lowest BCUT2D eigenvalue weighted by atomic mass is 10.3. The molecule has 2 heterocycles. The van der Waals surface area contributed by atoms with Crippen molar-refractivity contribution in [2.45, 2.75) is 17.8 Å². The van der Waals surface area contributed by atoms with Gasteiger partial charge in [-0.05, 0) is 19.1 Å². The second-order valence-electron chi connectivity index (χ2n) is 3.97. The van der Waals surface area contributed by atoms with Gasteiger partial charge in [-0.1, -0.05) is 29.1 Å². The summed E-state index contributed by atoms with van der Waals surface area (Å²) in [5.74, 6) is 1.93. The van der Waals surface area contributed by atoms with E-state index in [1.165, 1.54) is 0 Å². The molecule has 1 aromatic carbocycles. The molecule has 0 unspecified atom stereocenters. The van der Waals surface area contributed by atoms with Gasteiger partial charge >= 0.3 is 0 Å². The van der Waals surface area contributed by atoms with E-state index >= 15 is 0 Å². The van der Waals surface area contributed by atoms with E-state index < -0.39 is 0 Å². The summed E-state index contributed by atoms with van der Waals surface area (Å²) in [5.41, 5.74) is 2.13. The van der Waals surface area contributed by atoms with Crippen molar-refractivity contribution in [1.29, 1.82) is 0 Å². The van der Waals surface area contributed by atoms with Crippen molar-refractivity contribution >= 4 is 22.8 Å². The summed E-state index contributed by atoms with van der Waals surface area (Å²) in [6.07, 6.45) is 0. The Morgan fingerprint density at radius 2 is 2.11 bits per heavy atom. The van der Waals surface area contributed by atoms with E-state index in [1.54, 1.807) is 11.8 Å². The average molecular weight is 260 g/mol. The molecule has 6 heteroatoms. The van der Waals surface area contributed by atoms with E-state index in [-0.39, 0.29) is 0 Å². The average Bonchev–Trinajstić information content (AvgIpc) is 2.92. The van der Waals surface area contributed by atoms with Gasteiger partial charge in [0, 0.05) is 7.05 Å². The summed E-state index contributed by atoms with van der Waals surface area (Å²) in [7, 11) is 2.01. The monoisotopic (exact) mass is 260 g/mol. The lowest BCUT2D eigenvalue weighted by Crippen LogP contribution is -1.91. The normalized spacial score (nSPS) is 11.2. The summed E-state index contributed by atoms with van der Waals surface area (Å²) >= 11 is 1.59. The van der Waals surface area contributed by atoms with E-state index in [4.69, 9.17) is 4.52 Å². The second kappa shape index (κ2) is 4.45. The van der Waals surface area contributed by atoms with E-state index in [1.807, 2.05) is 32.2 Å². The molecule has 0 amide bonds. The molecule has 18 heavy (non-hydrogen) atoms. The van der Waals surface area contributed by atoms with Gasteiger partial charge in [-0.3, -0.25) is 0 Å². The van der Waals surface area contributed by atoms with Crippen LogP contribution in [0.15, 0.2) is 33.9 Å². The van der Waals surface area contributed by atoms with Gasteiger partial charge in [-0.15, -0.1) is 0 Å². The minimum atomic E-state index is 0.629. The first-order chi connectivity index (χ1) is 8.74. The van der Waals surface area contributed by atoms with Gasteiger partial charge in [0.05, 0.1) is 16.8 Å². The highest BCUT2D eigenvalue weighted by Gasteiger charge is 2.10. The molecule has 2 aromatic heterocycles. The van der Waals surface area contributed by atoms with Crippen LogP contribution < -0.4 is 0 Å². The summed E-state index contributed by atoms with van der Waals surface area (Å²) < 4.78 is 7.15. The number of fused-ring (bicyclic) bond motifs is 1. The van der Waals surface area contributed by atoms with E-state index in [0.29, 0.717) is 17.5 Å². The Hall–Kier alpha value is -1.82. The van der Waals surface area contributed by atoms with Gasteiger partial charge in [0.15, 0.2) is 11.0 Å². The molecule has 0 aliphatic rings. The lowest BCUT2D eigenvalue weighted by Gasteiger charge is -1.99. The predicted octanol–water partition coefficient (Wildman–Crippen LogP) is 2.56. The zero-order valence-corrected chi connectivity index (χ0v) is 10.9. The Morgan fingerprint density at radius 3 is 2.83 bits per heavy atom. The maximum absolute atomic E-state index is 5.08. The van der Waals surface area contributed by atoms with Crippen molar-refractivity contribution in [3.05, 3.63) is 36.0 Å². The Kier molecular flexibility index (Phi) is 2.79. The van der Waals surface area contributed by atoms with Crippen molar-refractivity contribution in [3.8, 4) is 0 Å². The number of hydrogen-bond donors (Lipinski definition) is 0. The minimum Gasteiger partial charge on any atom is -0.338 e. The summed E-state index contributed by atoms with van der Waals surface area (Å²) in [6, 6.07) is 8.07. The molecule has 0 saturated heterocycles. The zero-order valence-electron chi connectivity index (χ0n) is 10.1. The van der Waals surface area contributed by atoms with Crippen LogP contribution in [0.4, 0.5) is 0 Å². The number of benzene rings is 1. The van der Waals surface area contributed by atoms with Crippen molar-refractivity contribution in [3.63, 3.8) is 0 Å². The molecule has 0 fully saturated rings. The van der Waals surface area contributed by atoms with E-state index in [9.17, 15) is 0 Å². The van der Waals surface area contributed by atoms with Gasteiger partial charge in [0.2, 0.25) is 5.89 Å². The van der Waals surface area contributed by atoms with Crippen LogP contribution in [0.3, 0.4) is 0 Å². The summed E-state index contributed by atoms with van der Waals surface area (Å²) in [5, 5.41) is 4.72. The Morgan fingerprint density at radius 1 is 1.28 bits per heavy atom. The molecule has 0 N–H and O–H groups in total. The Bertz CT molecular complexity index is 688. The first kappa shape index (κ1) is 11.3. The number of aryl methyl sites for hydroxylation is 2. The number of nitrogens with zero attached hydrogens (tertiary/aromatic N) is 4. The smallest absolute Gasteiger partial charge is 0.237 e. The van der Waals surface area contributed by atoms with Crippen molar-refractivity contribution in [2.24, 2.45) is 7.05 Å². The molecule has 0 saturated carbocycles. The molecule has 0 bridgehead atoms. The standard InChI is InChI=1S/C12H12N4OS/c1-8-13-11(17-15-8)7-18-12-14-9-5-3-4-6-10(9)16(12)2/h3-6H,7H2,1-2H3. The SMILES string of the molecule is Cc1noc(CSc2nc3ccccc3n2C)n1. The van der Waals surface area contributed by atoms with Crippen LogP contribution in [0.5, 0.6) is 0 Å². The highest BCUT2D eigenvalue weighted by Crippen LogP contribution is 2.24. The van der Waals surface area contributed by atoms with Crippen LogP contribution in [0.1, 0.15) is 11.7 Å². The van der Waals surface area contributed by atoms with Crippen LogP contribution in [-0.4, -0.2) is 19.7 Å². The van der Waals surface area contributed by atoms with Crippen LogP contribution in [0.25, 0.3) is 11.0 Å². The molecule has 0 atom stereocenters. The number of imidazole rings is 1. The highest BCUT2D eigenvalue weighted by atomic mass is 32.2. The van der Waals surface area contributed by atoms with Crippen LogP contribution in [0, 0.1) is 6.92 Å². The third-order valence-corrected chi connectivity index (χ3v) is 3.66. The molecule has 3 rings (SSSR count). The number of thioether (sulfide) groups is 1. The molecule has 0 aliphatic heterocycles. The van der Waals surface area contributed by atoms with Gasteiger partial charge in [-0.25, -0.2) is 4.98 Å². The molecular formula is C12H12N4OS. The summed E-state index contributed by atoms with van der Waals surface area (Å²) in [4.78, 5) is 8.74. The molecule has 0 spiro atoms. The third kappa shape index (κ3) is 1.99. The molecule has 92 valence electrons. The Balaban J connectivity index is 1.84. The van der Waals surface area contributed by atoms with Crippen molar-refractivity contribution in [2.75, 3.05) is 0 Å². The maximum Gasteiger partial charge on any atom is 0.237 e. The molecule has 5 nitrogen and oxygen atoms in total. The topological polar surface area (TPSA) is 56.7 Å². The molecule has 0 radical (unpaired) electrons. The van der Waals surface area contributed by atoms with Crippen molar-refractivity contribution in [1.82, 2.24) is 19.7 Å². The fourth-order valence-corrected chi connectivity index (χ4v) is 2.60. The predicted molar refractivity (Wildman–Crippen MR) is 69.3 cm³/mol. The van der Waals surface area contributed by atoms with Crippen molar-refractivity contribution < 1.29 is 4.52 Å². The maximum atomic E-state index is 5.08. The van der Waals surface area contributed by atoms with Gasteiger partial charge < -0.3 is 9.09 Å². The molecular weight excluding hydrogens is 248 g/mol. The minimum absolute atomic E-state index is 0.629. The van der Waals surface area contributed by atoms with Gasteiger partial charge in [0.1, 0.15) is 0 Å². The quantitative estimate of drug-likeness (QED) is 0.677. The number of rotatable bonds is 3. The third-order valence-electron chi connectivity index (χ3n) is 2.64. The fourth-order valence-electron chi connectivity index (χ4n) is 1.78. The highest BCUT2D eigenvalue weighted by molar-refractivity contribution is 7.98. The molecule has 3 aromatic rings. The lowest BCUT2D eigenvalue weighted by molar-refractivity contribution is 0.387. The fraction of sp³-hybridized carbons (Fsp3) is 0.250. The zero-order chi connectivity index (χ0) is 12.5. The van der Waals surface area contributed by atoms with Crippen LogP contribution in [-0.2, 0) is 12.8 Å².